The molecule has 9 nitrogen and oxygen atoms in total. The van der Waals surface area contributed by atoms with E-state index in [0.717, 1.165) is 56.8 Å². The molecule has 1 unspecified atom stereocenters. The molecule has 0 saturated carbocycles. The summed E-state index contributed by atoms with van der Waals surface area (Å²) in [5, 5.41) is 3.81. The van der Waals surface area contributed by atoms with Crippen molar-refractivity contribution >= 4 is 28.4 Å². The van der Waals surface area contributed by atoms with E-state index >= 15 is 0 Å². The Morgan fingerprint density at radius 1 is 1.13 bits per heavy atom. The number of nitrogens with zero attached hydrogens (tertiary/aromatic N) is 7. The van der Waals surface area contributed by atoms with Gasteiger partial charge in [0.15, 0.2) is 11.5 Å². The molecule has 202 valence electrons. The number of likely N-dealkylation sites (N-methyl/N-ethyl adjacent to an activating group) is 1. The largest absolute Gasteiger partial charge is 0.369 e. The minimum atomic E-state index is -0.154. The summed E-state index contributed by atoms with van der Waals surface area (Å²) in [7, 11) is 2.17. The fraction of sp³-hybridized carbons (Fsp3) is 0.400. The van der Waals surface area contributed by atoms with E-state index in [1.165, 1.54) is 16.8 Å². The SMILES string of the molecule is C=CCn1c(=O)c2cnc(Nc3ccc(N4CCN(C)CC4)c(C)c3)nc2n1-c1ccc2c(n1)C(CC)CC2. The Balaban J connectivity index is 1.36. The van der Waals surface area contributed by atoms with Crippen LogP contribution in [-0.2, 0) is 13.0 Å². The molecule has 1 atom stereocenters. The van der Waals surface area contributed by atoms with E-state index in [0.29, 0.717) is 35.3 Å². The number of aryl methyl sites for hydroxylation is 2. The Morgan fingerprint density at radius 2 is 1.95 bits per heavy atom. The molecule has 1 fully saturated rings. The number of hydrogen-bond donors (Lipinski definition) is 1. The van der Waals surface area contributed by atoms with Gasteiger partial charge < -0.3 is 15.1 Å². The molecule has 4 aromatic rings. The number of hydrogen-bond acceptors (Lipinski definition) is 7. The van der Waals surface area contributed by atoms with Crippen molar-refractivity contribution in [2.45, 2.75) is 45.6 Å². The van der Waals surface area contributed by atoms with Crippen molar-refractivity contribution in [1.82, 2.24) is 29.2 Å². The number of anilines is 3. The number of aromatic nitrogens is 5. The summed E-state index contributed by atoms with van der Waals surface area (Å²) in [4.78, 5) is 32.5. The molecule has 1 aliphatic heterocycles. The lowest BCUT2D eigenvalue weighted by Crippen LogP contribution is -2.44. The first-order chi connectivity index (χ1) is 19.0. The van der Waals surface area contributed by atoms with Gasteiger partial charge >= 0.3 is 0 Å². The van der Waals surface area contributed by atoms with Crippen LogP contribution in [0.1, 0.15) is 42.5 Å². The highest BCUT2D eigenvalue weighted by Gasteiger charge is 2.25. The first-order valence-corrected chi connectivity index (χ1v) is 13.9. The van der Waals surface area contributed by atoms with Crippen molar-refractivity contribution in [2.24, 2.45) is 0 Å². The third-order valence-corrected chi connectivity index (χ3v) is 8.13. The molecular formula is C30H36N8O. The van der Waals surface area contributed by atoms with Gasteiger partial charge in [0.05, 0.1) is 6.54 Å². The molecule has 39 heavy (non-hydrogen) atoms. The molecule has 9 heteroatoms. The Kier molecular flexibility index (Phi) is 6.68. The Hall–Kier alpha value is -3.98. The number of allylic oxidation sites excluding steroid dienone is 1. The van der Waals surface area contributed by atoms with Crippen molar-refractivity contribution in [3.8, 4) is 5.82 Å². The predicted molar refractivity (Wildman–Crippen MR) is 157 cm³/mol. The number of fused-ring (bicyclic) bond motifs is 2. The Bertz CT molecular complexity index is 1590. The van der Waals surface area contributed by atoms with Crippen molar-refractivity contribution in [1.29, 1.82) is 0 Å². The van der Waals surface area contributed by atoms with Gasteiger partial charge in [0.25, 0.3) is 5.56 Å². The summed E-state index contributed by atoms with van der Waals surface area (Å²) in [6, 6.07) is 10.5. The minimum absolute atomic E-state index is 0.154. The lowest BCUT2D eigenvalue weighted by Gasteiger charge is -2.35. The number of benzene rings is 1. The summed E-state index contributed by atoms with van der Waals surface area (Å²) in [5.74, 6) is 1.58. The molecule has 2 aliphatic rings. The maximum Gasteiger partial charge on any atom is 0.278 e. The van der Waals surface area contributed by atoms with Crippen LogP contribution in [-0.4, -0.2) is 62.4 Å². The normalized spacial score (nSPS) is 17.5. The zero-order valence-electron chi connectivity index (χ0n) is 23.0. The van der Waals surface area contributed by atoms with E-state index in [1.807, 2.05) is 10.7 Å². The molecule has 0 spiro atoms. The number of nitrogens with one attached hydrogen (secondary N) is 1. The van der Waals surface area contributed by atoms with E-state index in [2.05, 4.69) is 71.8 Å². The molecule has 4 heterocycles. The van der Waals surface area contributed by atoms with E-state index < -0.39 is 0 Å². The molecule has 3 aromatic heterocycles. The van der Waals surface area contributed by atoms with Gasteiger partial charge in [-0.25, -0.2) is 19.3 Å². The van der Waals surface area contributed by atoms with Crippen molar-refractivity contribution in [3.63, 3.8) is 0 Å². The third-order valence-electron chi connectivity index (χ3n) is 8.13. The Morgan fingerprint density at radius 3 is 2.69 bits per heavy atom. The highest BCUT2D eigenvalue weighted by molar-refractivity contribution is 5.77. The highest BCUT2D eigenvalue weighted by atomic mass is 16.1. The van der Waals surface area contributed by atoms with Gasteiger partial charge in [0.1, 0.15) is 5.39 Å². The van der Waals surface area contributed by atoms with Crippen LogP contribution in [0.25, 0.3) is 16.9 Å². The number of pyridine rings is 1. The Labute approximate surface area is 228 Å². The standard InChI is InChI=1S/C30H36N8O/c1-5-13-37-29(39)24-19-31-30(32-23-10-11-25(20(3)18-23)36-16-14-35(4)15-17-36)34-28(24)38(37)26-12-9-22-8-7-21(6-2)27(22)33-26/h5,9-12,18-19,21H,1,6-8,13-17H2,2-4H3,(H,31,32,34). The molecule has 1 saturated heterocycles. The zero-order chi connectivity index (χ0) is 27.1. The van der Waals surface area contributed by atoms with Gasteiger partial charge in [-0.1, -0.05) is 19.1 Å². The second kappa shape index (κ2) is 10.3. The topological polar surface area (TPSA) is 84.1 Å². The van der Waals surface area contributed by atoms with E-state index in [4.69, 9.17) is 9.97 Å². The highest BCUT2D eigenvalue weighted by Crippen LogP contribution is 2.34. The van der Waals surface area contributed by atoms with Gasteiger partial charge in [-0.3, -0.25) is 4.79 Å². The van der Waals surface area contributed by atoms with Crippen LogP contribution >= 0.6 is 0 Å². The summed E-state index contributed by atoms with van der Waals surface area (Å²) in [5.41, 5.74) is 6.18. The second-order valence-electron chi connectivity index (χ2n) is 10.7. The third kappa shape index (κ3) is 4.61. The lowest BCUT2D eigenvalue weighted by molar-refractivity contribution is 0.312. The van der Waals surface area contributed by atoms with Crippen molar-refractivity contribution < 1.29 is 0 Å². The van der Waals surface area contributed by atoms with Crippen molar-refractivity contribution in [2.75, 3.05) is 43.4 Å². The molecule has 0 radical (unpaired) electrons. The number of piperazine rings is 1. The first-order valence-electron chi connectivity index (χ1n) is 13.9. The van der Waals surface area contributed by atoms with Crippen LogP contribution in [0.2, 0.25) is 0 Å². The lowest BCUT2D eigenvalue weighted by atomic mass is 10.0. The quantitative estimate of drug-likeness (QED) is 0.359. The van der Waals surface area contributed by atoms with E-state index in [-0.39, 0.29) is 5.56 Å². The molecular weight excluding hydrogens is 488 g/mol. The fourth-order valence-electron chi connectivity index (χ4n) is 5.91. The average molecular weight is 525 g/mol. The molecule has 0 amide bonds. The molecule has 6 rings (SSSR count). The van der Waals surface area contributed by atoms with Crippen LogP contribution in [0.3, 0.4) is 0 Å². The fourth-order valence-corrected chi connectivity index (χ4v) is 5.91. The second-order valence-corrected chi connectivity index (χ2v) is 10.7. The zero-order valence-corrected chi connectivity index (χ0v) is 23.0. The van der Waals surface area contributed by atoms with Crippen LogP contribution in [0.5, 0.6) is 0 Å². The minimum Gasteiger partial charge on any atom is -0.369 e. The van der Waals surface area contributed by atoms with Crippen LogP contribution in [0, 0.1) is 6.92 Å². The van der Waals surface area contributed by atoms with Crippen LogP contribution < -0.4 is 15.8 Å². The van der Waals surface area contributed by atoms with Gasteiger partial charge in [-0.15, -0.1) is 6.58 Å². The number of rotatable bonds is 7. The monoisotopic (exact) mass is 524 g/mol. The smallest absolute Gasteiger partial charge is 0.278 e. The van der Waals surface area contributed by atoms with Crippen LogP contribution in [0.4, 0.5) is 17.3 Å². The maximum atomic E-state index is 13.3. The first kappa shape index (κ1) is 25.3. The van der Waals surface area contributed by atoms with Gasteiger partial charge in [-0.2, -0.15) is 4.98 Å². The summed E-state index contributed by atoms with van der Waals surface area (Å²) in [6.07, 6.45) is 6.55. The van der Waals surface area contributed by atoms with E-state index in [9.17, 15) is 4.79 Å². The van der Waals surface area contributed by atoms with Crippen molar-refractivity contribution in [3.05, 3.63) is 76.4 Å². The molecule has 1 aromatic carbocycles. The summed E-state index contributed by atoms with van der Waals surface area (Å²) >= 11 is 0. The molecule has 0 bridgehead atoms. The van der Waals surface area contributed by atoms with Gasteiger partial charge in [0, 0.05) is 55.4 Å². The van der Waals surface area contributed by atoms with E-state index in [1.54, 1.807) is 17.0 Å². The summed E-state index contributed by atoms with van der Waals surface area (Å²) < 4.78 is 3.45. The molecule has 1 aliphatic carbocycles. The molecule has 1 N–H and O–H groups in total. The summed E-state index contributed by atoms with van der Waals surface area (Å²) in [6.45, 7) is 12.7. The average Bonchev–Trinajstić information content (AvgIpc) is 3.47. The van der Waals surface area contributed by atoms with Gasteiger partial charge in [0.2, 0.25) is 5.95 Å². The predicted octanol–water partition coefficient (Wildman–Crippen LogP) is 4.41. The van der Waals surface area contributed by atoms with Crippen LogP contribution in [0.15, 0.2) is 54.0 Å². The maximum absolute atomic E-state index is 13.3. The van der Waals surface area contributed by atoms with Gasteiger partial charge in [-0.05, 0) is 68.6 Å².